The molecule has 2 aromatic carbocycles. The molecule has 0 bridgehead atoms. The highest BCUT2D eigenvalue weighted by atomic mass is 16.3. The molecule has 6 heteroatoms. The number of rotatable bonds is 5. The number of aliphatic hydroxyl groups is 1. The molecule has 0 aliphatic carbocycles. The Morgan fingerprint density at radius 3 is 2.17 bits per heavy atom. The zero-order valence-corrected chi connectivity index (χ0v) is 12.8. The van der Waals surface area contributed by atoms with Crippen LogP contribution in [0.3, 0.4) is 0 Å². The number of carbonyl (C=O) groups is 2. The first-order valence-corrected chi connectivity index (χ1v) is 7.47. The van der Waals surface area contributed by atoms with Crippen LogP contribution in [-0.2, 0) is 0 Å². The Hall–Kier alpha value is -3.17. The van der Waals surface area contributed by atoms with Gasteiger partial charge in [-0.25, -0.2) is 0 Å². The highest BCUT2D eigenvalue weighted by molar-refractivity contribution is 6.21. The fraction of sp³-hybridized carbons (Fsp3) is 0.167. The summed E-state index contributed by atoms with van der Waals surface area (Å²) in [6, 6.07) is 15.4. The molecule has 120 valence electrons. The summed E-state index contributed by atoms with van der Waals surface area (Å²) in [5.74, 6) is -0.763. The lowest BCUT2D eigenvalue weighted by molar-refractivity contribution is 0.0558. The van der Waals surface area contributed by atoms with Crippen molar-refractivity contribution in [1.82, 2.24) is 4.90 Å². The molecule has 2 aromatic rings. The number of fused-ring (bicyclic) bond motifs is 1. The van der Waals surface area contributed by atoms with Gasteiger partial charge in [-0.15, -0.1) is 0 Å². The zero-order chi connectivity index (χ0) is 17.1. The number of benzene rings is 2. The van der Waals surface area contributed by atoms with Crippen molar-refractivity contribution in [2.45, 2.75) is 6.10 Å². The minimum atomic E-state index is -0.900. The van der Waals surface area contributed by atoms with Crippen LogP contribution in [0.15, 0.2) is 48.5 Å². The second-order valence-corrected chi connectivity index (χ2v) is 5.49. The highest BCUT2D eigenvalue weighted by Gasteiger charge is 2.35. The molecule has 2 N–H and O–H groups in total. The fourth-order valence-corrected chi connectivity index (χ4v) is 2.58. The van der Waals surface area contributed by atoms with E-state index in [0.29, 0.717) is 16.7 Å². The maximum absolute atomic E-state index is 12.2. The van der Waals surface area contributed by atoms with E-state index in [9.17, 15) is 14.7 Å². The number of hydrogen-bond donors (Lipinski definition) is 2. The first kappa shape index (κ1) is 15.7. The standard InChI is InChI=1S/C18H15N3O3/c19-9-12-5-7-13(8-6-12)20-10-14(22)11-21-17(23)15-3-1-2-4-16(15)18(21)24/h1-8,14,20,22H,10-11H2. The first-order valence-electron chi connectivity index (χ1n) is 7.47. The minimum absolute atomic E-state index is 0.0738. The summed E-state index contributed by atoms with van der Waals surface area (Å²) in [6.07, 6.45) is -0.900. The van der Waals surface area contributed by atoms with Crippen molar-refractivity contribution in [3.05, 3.63) is 65.2 Å². The number of carbonyl (C=O) groups excluding carboxylic acids is 2. The van der Waals surface area contributed by atoms with E-state index in [1.165, 1.54) is 0 Å². The predicted molar refractivity (Wildman–Crippen MR) is 87.5 cm³/mol. The molecule has 0 saturated carbocycles. The van der Waals surface area contributed by atoms with E-state index < -0.39 is 6.10 Å². The van der Waals surface area contributed by atoms with Gasteiger partial charge in [0.25, 0.3) is 11.8 Å². The van der Waals surface area contributed by atoms with Crippen LogP contribution < -0.4 is 5.32 Å². The summed E-state index contributed by atoms with van der Waals surface area (Å²) in [6.45, 7) is 0.106. The number of amides is 2. The average Bonchev–Trinajstić information content (AvgIpc) is 2.86. The van der Waals surface area contributed by atoms with Crippen molar-refractivity contribution in [1.29, 1.82) is 5.26 Å². The van der Waals surface area contributed by atoms with Gasteiger partial charge in [-0.2, -0.15) is 5.26 Å². The molecule has 24 heavy (non-hydrogen) atoms. The molecular weight excluding hydrogens is 306 g/mol. The molecule has 0 aromatic heterocycles. The molecular formula is C18H15N3O3. The summed E-state index contributed by atoms with van der Waals surface area (Å²) in [4.78, 5) is 25.5. The largest absolute Gasteiger partial charge is 0.389 e. The van der Waals surface area contributed by atoms with Gasteiger partial charge in [-0.1, -0.05) is 12.1 Å². The quantitative estimate of drug-likeness (QED) is 0.816. The molecule has 1 aliphatic heterocycles. The van der Waals surface area contributed by atoms with Crippen molar-refractivity contribution in [3.8, 4) is 6.07 Å². The monoisotopic (exact) mass is 321 g/mol. The van der Waals surface area contributed by atoms with Crippen LogP contribution in [0.4, 0.5) is 5.69 Å². The Morgan fingerprint density at radius 1 is 1.04 bits per heavy atom. The van der Waals surface area contributed by atoms with Crippen LogP contribution in [0.2, 0.25) is 0 Å². The lowest BCUT2D eigenvalue weighted by Gasteiger charge is -2.19. The van der Waals surface area contributed by atoms with Gasteiger partial charge in [0.1, 0.15) is 0 Å². The fourth-order valence-electron chi connectivity index (χ4n) is 2.58. The van der Waals surface area contributed by atoms with E-state index in [0.717, 1.165) is 10.6 Å². The molecule has 3 rings (SSSR count). The van der Waals surface area contributed by atoms with E-state index in [-0.39, 0.29) is 24.9 Å². The second kappa shape index (κ2) is 6.52. The number of hydrogen-bond acceptors (Lipinski definition) is 5. The molecule has 1 atom stereocenters. The Balaban J connectivity index is 1.59. The molecule has 1 heterocycles. The third kappa shape index (κ3) is 2.98. The number of nitrogens with zero attached hydrogens (tertiary/aromatic N) is 2. The maximum Gasteiger partial charge on any atom is 0.261 e. The van der Waals surface area contributed by atoms with Gasteiger partial charge in [-0.3, -0.25) is 14.5 Å². The molecule has 0 saturated heterocycles. The van der Waals surface area contributed by atoms with Crippen molar-refractivity contribution >= 4 is 17.5 Å². The summed E-state index contributed by atoms with van der Waals surface area (Å²) >= 11 is 0. The number of nitrogens with one attached hydrogen (secondary N) is 1. The average molecular weight is 321 g/mol. The van der Waals surface area contributed by atoms with Gasteiger partial charge in [0.2, 0.25) is 0 Å². The molecule has 0 radical (unpaired) electrons. The van der Waals surface area contributed by atoms with Crippen molar-refractivity contribution in [2.24, 2.45) is 0 Å². The maximum atomic E-state index is 12.2. The Labute approximate surface area is 138 Å². The number of aliphatic hydroxyl groups excluding tert-OH is 1. The second-order valence-electron chi connectivity index (χ2n) is 5.49. The number of β-amino-alcohol motifs (C(OH)–C–C–N with tert-alkyl or cyclic N) is 1. The van der Waals surface area contributed by atoms with Gasteiger partial charge in [-0.05, 0) is 36.4 Å². The van der Waals surface area contributed by atoms with Gasteiger partial charge >= 0.3 is 0 Å². The lowest BCUT2D eigenvalue weighted by atomic mass is 10.1. The molecule has 0 fully saturated rings. The van der Waals surface area contributed by atoms with Crippen LogP contribution in [-0.4, -0.2) is 41.0 Å². The van der Waals surface area contributed by atoms with Crippen LogP contribution in [0.25, 0.3) is 0 Å². The van der Waals surface area contributed by atoms with Gasteiger partial charge in [0.15, 0.2) is 0 Å². The Bertz CT molecular complexity index is 789. The molecule has 0 spiro atoms. The van der Waals surface area contributed by atoms with Crippen LogP contribution in [0.5, 0.6) is 0 Å². The summed E-state index contributed by atoms with van der Waals surface area (Å²) < 4.78 is 0. The molecule has 6 nitrogen and oxygen atoms in total. The third-order valence-electron chi connectivity index (χ3n) is 3.83. The summed E-state index contributed by atoms with van der Waals surface area (Å²) in [7, 11) is 0. The van der Waals surface area contributed by atoms with Crippen molar-refractivity contribution in [3.63, 3.8) is 0 Å². The van der Waals surface area contributed by atoms with E-state index in [4.69, 9.17) is 5.26 Å². The van der Waals surface area contributed by atoms with Crippen LogP contribution in [0, 0.1) is 11.3 Å². The van der Waals surface area contributed by atoms with Crippen molar-refractivity contribution < 1.29 is 14.7 Å². The first-order chi connectivity index (χ1) is 11.6. The predicted octanol–water partition coefficient (Wildman–Crippen LogP) is 1.63. The van der Waals surface area contributed by atoms with E-state index >= 15 is 0 Å². The smallest absolute Gasteiger partial charge is 0.261 e. The summed E-state index contributed by atoms with van der Waals surface area (Å²) in [5.41, 5.74) is 2.03. The van der Waals surface area contributed by atoms with E-state index in [1.54, 1.807) is 48.5 Å². The SMILES string of the molecule is N#Cc1ccc(NCC(O)CN2C(=O)c3ccccc3C2=O)cc1. The van der Waals surface area contributed by atoms with E-state index in [2.05, 4.69) is 5.32 Å². The number of anilines is 1. The topological polar surface area (TPSA) is 93.4 Å². The number of nitriles is 1. The van der Waals surface area contributed by atoms with Crippen LogP contribution >= 0.6 is 0 Å². The Morgan fingerprint density at radius 2 is 1.62 bits per heavy atom. The summed E-state index contributed by atoms with van der Waals surface area (Å²) in [5, 5.41) is 21.9. The lowest BCUT2D eigenvalue weighted by Crippen LogP contribution is -2.39. The highest BCUT2D eigenvalue weighted by Crippen LogP contribution is 2.22. The Kier molecular flexibility index (Phi) is 4.27. The van der Waals surface area contributed by atoms with Gasteiger partial charge in [0, 0.05) is 12.2 Å². The normalized spacial score (nSPS) is 14.2. The van der Waals surface area contributed by atoms with Gasteiger partial charge in [0.05, 0.1) is 35.4 Å². The number of imide groups is 1. The zero-order valence-electron chi connectivity index (χ0n) is 12.8. The van der Waals surface area contributed by atoms with Crippen LogP contribution in [0.1, 0.15) is 26.3 Å². The molecule has 2 amide bonds. The van der Waals surface area contributed by atoms with Gasteiger partial charge < -0.3 is 10.4 Å². The van der Waals surface area contributed by atoms with E-state index in [1.807, 2.05) is 6.07 Å². The van der Waals surface area contributed by atoms with Crippen molar-refractivity contribution in [2.75, 3.05) is 18.4 Å². The third-order valence-corrected chi connectivity index (χ3v) is 3.83. The molecule has 1 unspecified atom stereocenters. The minimum Gasteiger partial charge on any atom is -0.389 e. The molecule has 1 aliphatic rings.